The molecule has 1 N–H and O–H groups in total. The monoisotopic (exact) mass is 277 g/mol. The summed E-state index contributed by atoms with van der Waals surface area (Å²) in [6.07, 6.45) is 4.50. The molecule has 0 aromatic carbocycles. The standard InChI is InChI=1S/C15H16FNO3/c16-5-9-1-11(3-10-4-13(18)8-20-7-10)14-12(2-9)6-17-15(14)19/h2,4,9H,1,3,5-8H2,(H,17,19). The second-order valence-corrected chi connectivity index (χ2v) is 5.41. The first-order chi connectivity index (χ1) is 9.67. The number of ether oxygens (including phenoxy) is 1. The number of amides is 1. The first kappa shape index (κ1) is 13.2. The van der Waals surface area contributed by atoms with Crippen LogP contribution in [-0.2, 0) is 14.3 Å². The van der Waals surface area contributed by atoms with Gasteiger partial charge in [0.2, 0.25) is 0 Å². The maximum Gasteiger partial charge on any atom is 0.251 e. The zero-order valence-electron chi connectivity index (χ0n) is 11.1. The molecule has 1 saturated heterocycles. The Kier molecular flexibility index (Phi) is 3.53. The van der Waals surface area contributed by atoms with Crippen molar-refractivity contribution in [3.05, 3.63) is 34.4 Å². The van der Waals surface area contributed by atoms with Gasteiger partial charge in [-0.15, -0.1) is 0 Å². The molecule has 3 aliphatic rings. The van der Waals surface area contributed by atoms with Crippen LogP contribution in [0.15, 0.2) is 34.4 Å². The van der Waals surface area contributed by atoms with Gasteiger partial charge in [-0.05, 0) is 30.1 Å². The van der Waals surface area contributed by atoms with Gasteiger partial charge in [0.05, 0.1) is 13.3 Å². The Morgan fingerprint density at radius 1 is 1.35 bits per heavy atom. The largest absolute Gasteiger partial charge is 0.369 e. The molecular formula is C15H16FNO3. The van der Waals surface area contributed by atoms with Crippen LogP contribution >= 0.6 is 0 Å². The summed E-state index contributed by atoms with van der Waals surface area (Å²) in [7, 11) is 0. The van der Waals surface area contributed by atoms with Crippen LogP contribution in [0.1, 0.15) is 12.8 Å². The minimum absolute atomic E-state index is 0.0543. The van der Waals surface area contributed by atoms with Crippen LogP contribution < -0.4 is 5.32 Å². The van der Waals surface area contributed by atoms with Gasteiger partial charge < -0.3 is 10.1 Å². The van der Waals surface area contributed by atoms with Crippen LogP contribution in [0.2, 0.25) is 0 Å². The summed E-state index contributed by atoms with van der Waals surface area (Å²) in [6.45, 7) is 0.573. The molecule has 106 valence electrons. The van der Waals surface area contributed by atoms with Gasteiger partial charge in [-0.2, -0.15) is 0 Å². The number of hydrogen-bond donors (Lipinski definition) is 1. The van der Waals surface area contributed by atoms with Crippen molar-refractivity contribution in [2.75, 3.05) is 26.4 Å². The zero-order chi connectivity index (χ0) is 14.1. The van der Waals surface area contributed by atoms with Crippen molar-refractivity contribution in [3.8, 4) is 0 Å². The molecule has 0 bridgehead atoms. The van der Waals surface area contributed by atoms with Gasteiger partial charge in [-0.1, -0.05) is 11.6 Å². The zero-order valence-corrected chi connectivity index (χ0v) is 11.1. The Bertz CT molecular complexity index is 559. The fourth-order valence-electron chi connectivity index (χ4n) is 3.02. The molecule has 2 heterocycles. The number of fused-ring (bicyclic) bond motifs is 1. The van der Waals surface area contributed by atoms with Crippen LogP contribution in [0.3, 0.4) is 0 Å². The third-order valence-corrected chi connectivity index (χ3v) is 3.82. The summed E-state index contributed by atoms with van der Waals surface area (Å²) in [6, 6.07) is 0. The number of carbonyl (C=O) groups is 2. The Hall–Kier alpha value is -1.75. The molecule has 1 unspecified atom stereocenters. The minimum atomic E-state index is -0.428. The highest BCUT2D eigenvalue weighted by Gasteiger charge is 2.31. The van der Waals surface area contributed by atoms with E-state index >= 15 is 0 Å². The van der Waals surface area contributed by atoms with E-state index in [2.05, 4.69) is 5.32 Å². The molecule has 1 atom stereocenters. The van der Waals surface area contributed by atoms with Crippen LogP contribution in [0.5, 0.6) is 0 Å². The average Bonchev–Trinajstić information content (AvgIpc) is 2.80. The molecule has 1 amide bonds. The van der Waals surface area contributed by atoms with Gasteiger partial charge in [-0.25, -0.2) is 0 Å². The van der Waals surface area contributed by atoms with E-state index in [1.807, 2.05) is 6.08 Å². The van der Waals surface area contributed by atoms with Crippen molar-refractivity contribution in [2.45, 2.75) is 12.8 Å². The van der Waals surface area contributed by atoms with Gasteiger partial charge in [0.1, 0.15) is 6.61 Å². The number of carbonyl (C=O) groups excluding carboxylic acids is 2. The number of hydrogen-bond acceptors (Lipinski definition) is 3. The van der Waals surface area contributed by atoms with Gasteiger partial charge in [-0.3, -0.25) is 14.0 Å². The molecule has 1 aliphatic carbocycles. The van der Waals surface area contributed by atoms with Crippen LogP contribution in [-0.4, -0.2) is 38.1 Å². The van der Waals surface area contributed by atoms with E-state index in [-0.39, 0.29) is 24.2 Å². The molecule has 3 rings (SSSR count). The Morgan fingerprint density at radius 2 is 2.20 bits per heavy atom. The topological polar surface area (TPSA) is 55.4 Å². The Morgan fingerprint density at radius 3 is 2.95 bits per heavy atom. The van der Waals surface area contributed by atoms with Crippen molar-refractivity contribution in [2.24, 2.45) is 5.92 Å². The fraction of sp³-hybridized carbons (Fsp3) is 0.467. The van der Waals surface area contributed by atoms with Crippen molar-refractivity contribution in [1.29, 1.82) is 0 Å². The molecule has 0 saturated carbocycles. The normalized spacial score (nSPS) is 26.1. The summed E-state index contributed by atoms with van der Waals surface area (Å²) in [5.41, 5.74) is 3.36. The highest BCUT2D eigenvalue weighted by Crippen LogP contribution is 2.35. The van der Waals surface area contributed by atoms with Crippen molar-refractivity contribution in [3.63, 3.8) is 0 Å². The lowest BCUT2D eigenvalue weighted by Gasteiger charge is -2.22. The van der Waals surface area contributed by atoms with Gasteiger partial charge in [0.15, 0.2) is 5.78 Å². The number of alkyl halides is 1. The van der Waals surface area contributed by atoms with E-state index in [4.69, 9.17) is 4.74 Å². The molecular weight excluding hydrogens is 261 g/mol. The third-order valence-electron chi connectivity index (χ3n) is 3.82. The number of nitrogens with one attached hydrogen (secondary N) is 1. The first-order valence-corrected chi connectivity index (χ1v) is 6.74. The van der Waals surface area contributed by atoms with Crippen LogP contribution in [0.25, 0.3) is 0 Å². The lowest BCUT2D eigenvalue weighted by Crippen LogP contribution is -2.19. The Balaban J connectivity index is 1.89. The summed E-state index contributed by atoms with van der Waals surface area (Å²) in [5, 5.41) is 2.78. The van der Waals surface area contributed by atoms with Crippen molar-refractivity contribution in [1.82, 2.24) is 5.32 Å². The molecule has 0 aromatic heterocycles. The number of rotatable bonds is 3. The Labute approximate surface area is 116 Å². The molecule has 4 nitrogen and oxygen atoms in total. The summed E-state index contributed by atoms with van der Waals surface area (Å²) >= 11 is 0. The molecule has 2 aliphatic heterocycles. The fourth-order valence-corrected chi connectivity index (χ4v) is 3.02. The predicted octanol–water partition coefficient (Wildman–Crippen LogP) is 1.24. The smallest absolute Gasteiger partial charge is 0.251 e. The first-order valence-electron chi connectivity index (χ1n) is 6.74. The van der Waals surface area contributed by atoms with Crippen molar-refractivity contribution >= 4 is 11.7 Å². The second-order valence-electron chi connectivity index (χ2n) is 5.41. The average molecular weight is 277 g/mol. The second kappa shape index (κ2) is 5.32. The highest BCUT2D eigenvalue weighted by molar-refractivity contribution is 6.02. The van der Waals surface area contributed by atoms with E-state index < -0.39 is 6.67 Å². The summed E-state index contributed by atoms with van der Waals surface area (Å²) < 4.78 is 18.2. The quantitative estimate of drug-likeness (QED) is 0.844. The summed E-state index contributed by atoms with van der Waals surface area (Å²) in [4.78, 5) is 23.3. The number of halogens is 1. The molecule has 5 heteroatoms. The van der Waals surface area contributed by atoms with E-state index in [0.717, 1.165) is 16.7 Å². The van der Waals surface area contributed by atoms with Crippen LogP contribution in [0.4, 0.5) is 4.39 Å². The third kappa shape index (κ3) is 2.45. The molecule has 0 spiro atoms. The van der Waals surface area contributed by atoms with E-state index in [0.29, 0.717) is 31.6 Å². The van der Waals surface area contributed by atoms with Crippen LogP contribution in [0, 0.1) is 5.92 Å². The molecule has 20 heavy (non-hydrogen) atoms. The number of allylic oxidation sites excluding steroid dienone is 2. The van der Waals surface area contributed by atoms with E-state index in [1.54, 1.807) is 6.08 Å². The molecule has 0 aromatic rings. The van der Waals surface area contributed by atoms with E-state index in [9.17, 15) is 14.0 Å². The van der Waals surface area contributed by atoms with Gasteiger partial charge in [0.25, 0.3) is 5.91 Å². The maximum absolute atomic E-state index is 13.0. The van der Waals surface area contributed by atoms with Gasteiger partial charge in [0, 0.05) is 18.0 Å². The SMILES string of the molecule is O=C1C=C(CC2=C3C(=O)NCC3=CC(CF)C2)COC1. The summed E-state index contributed by atoms with van der Waals surface area (Å²) in [5.74, 6) is -0.314. The molecule has 0 radical (unpaired) electrons. The van der Waals surface area contributed by atoms with Gasteiger partial charge >= 0.3 is 0 Å². The lowest BCUT2D eigenvalue weighted by molar-refractivity contribution is -0.119. The highest BCUT2D eigenvalue weighted by atomic mass is 19.1. The van der Waals surface area contributed by atoms with Crippen molar-refractivity contribution < 1.29 is 18.7 Å². The van der Waals surface area contributed by atoms with E-state index in [1.165, 1.54) is 0 Å². The molecule has 1 fully saturated rings. The minimum Gasteiger partial charge on any atom is -0.369 e. The lowest BCUT2D eigenvalue weighted by atomic mass is 9.83. The maximum atomic E-state index is 13.0. The predicted molar refractivity (Wildman–Crippen MR) is 70.7 cm³/mol. The number of ketones is 1.